The molecule has 6 aromatic rings. The van der Waals surface area contributed by atoms with Gasteiger partial charge in [0.1, 0.15) is 23.0 Å². The van der Waals surface area contributed by atoms with Crippen molar-refractivity contribution in [1.82, 2.24) is 25.0 Å². The van der Waals surface area contributed by atoms with Gasteiger partial charge in [-0.15, -0.1) is 0 Å². The summed E-state index contributed by atoms with van der Waals surface area (Å²) >= 11 is 0. The number of aryl methyl sites for hydroxylation is 3. The van der Waals surface area contributed by atoms with Crippen molar-refractivity contribution in [3.05, 3.63) is 71.4 Å². The molecule has 0 amide bonds. The van der Waals surface area contributed by atoms with Gasteiger partial charge in [0.15, 0.2) is 5.78 Å². The quantitative estimate of drug-likeness (QED) is 0.205. The number of ether oxygens (including phenoxy) is 1. The van der Waals surface area contributed by atoms with Crippen molar-refractivity contribution in [2.24, 2.45) is 5.92 Å². The van der Waals surface area contributed by atoms with Crippen LogP contribution >= 0.6 is 0 Å². The van der Waals surface area contributed by atoms with Crippen LogP contribution in [0.1, 0.15) is 53.3 Å². The summed E-state index contributed by atoms with van der Waals surface area (Å²) in [6.07, 6.45) is 4.06. The minimum absolute atomic E-state index is 0.0352. The molecular formula is C36H37N5O3. The lowest BCUT2D eigenvalue weighted by molar-refractivity contribution is 0.0888. The van der Waals surface area contributed by atoms with E-state index in [0.29, 0.717) is 5.82 Å². The molecule has 1 saturated heterocycles. The zero-order chi connectivity index (χ0) is 30.5. The number of rotatable bonds is 5. The highest BCUT2D eigenvalue weighted by molar-refractivity contribution is 6.18. The van der Waals surface area contributed by atoms with Crippen LogP contribution in [0, 0.1) is 26.7 Å². The van der Waals surface area contributed by atoms with Gasteiger partial charge in [0.25, 0.3) is 0 Å². The molecule has 1 aliphatic heterocycles. The van der Waals surface area contributed by atoms with Gasteiger partial charge in [0, 0.05) is 33.5 Å². The van der Waals surface area contributed by atoms with Crippen LogP contribution in [0.5, 0.6) is 5.75 Å². The van der Waals surface area contributed by atoms with Crippen molar-refractivity contribution in [1.29, 1.82) is 0 Å². The molecule has 3 aromatic heterocycles. The molecule has 7 rings (SSSR count). The number of nitrogens with one attached hydrogen (secondary N) is 1. The average molecular weight is 588 g/mol. The van der Waals surface area contributed by atoms with Crippen LogP contribution in [0.2, 0.25) is 0 Å². The second kappa shape index (κ2) is 11.2. The second-order valence-corrected chi connectivity index (χ2v) is 12.1. The summed E-state index contributed by atoms with van der Waals surface area (Å²) in [6.45, 7) is 7.81. The maximum atomic E-state index is 14.0. The van der Waals surface area contributed by atoms with Crippen molar-refractivity contribution >= 4 is 38.5 Å². The summed E-state index contributed by atoms with van der Waals surface area (Å²) in [7, 11) is 3.83. The molecule has 8 heteroatoms. The third kappa shape index (κ3) is 4.74. The fourth-order valence-electron chi connectivity index (χ4n) is 6.97. The molecule has 44 heavy (non-hydrogen) atoms. The molecule has 0 aliphatic carbocycles. The zero-order valence-corrected chi connectivity index (χ0v) is 26.0. The van der Waals surface area contributed by atoms with Gasteiger partial charge in [0.05, 0.1) is 29.4 Å². The van der Waals surface area contributed by atoms with E-state index in [2.05, 4.69) is 46.4 Å². The highest BCUT2D eigenvalue weighted by Gasteiger charge is 2.26. The Labute approximate surface area is 256 Å². The fraction of sp³-hybridized carbons (Fsp3) is 0.333. The summed E-state index contributed by atoms with van der Waals surface area (Å²) in [5, 5.41) is 8.01. The molecule has 1 N–H and O–H groups in total. The first-order chi connectivity index (χ1) is 21.3. The van der Waals surface area contributed by atoms with Crippen molar-refractivity contribution in [3.63, 3.8) is 0 Å². The van der Waals surface area contributed by atoms with Gasteiger partial charge in [-0.2, -0.15) is 0 Å². The van der Waals surface area contributed by atoms with Crippen molar-refractivity contribution in [2.45, 2.75) is 46.5 Å². The highest BCUT2D eigenvalue weighted by Crippen LogP contribution is 2.42. The molecule has 1 aliphatic rings. The Hall–Kier alpha value is -4.56. The third-order valence-corrected chi connectivity index (χ3v) is 9.20. The largest absolute Gasteiger partial charge is 0.496 e. The smallest absolute Gasteiger partial charge is 0.166 e. The first-order valence-corrected chi connectivity index (χ1v) is 15.4. The van der Waals surface area contributed by atoms with Crippen LogP contribution < -0.4 is 4.74 Å². The minimum Gasteiger partial charge on any atom is -0.496 e. The second-order valence-electron chi connectivity index (χ2n) is 12.1. The van der Waals surface area contributed by atoms with Crippen LogP contribution in [0.25, 0.3) is 55.1 Å². The molecule has 224 valence electrons. The molecule has 8 nitrogen and oxygen atoms in total. The lowest BCUT2D eigenvalue weighted by atomic mass is 9.85. The monoisotopic (exact) mass is 587 g/mol. The Balaban J connectivity index is 1.41. The van der Waals surface area contributed by atoms with E-state index >= 15 is 0 Å². The molecule has 1 unspecified atom stereocenters. The van der Waals surface area contributed by atoms with Gasteiger partial charge in [-0.3, -0.25) is 4.79 Å². The number of methoxy groups -OCH3 is 1. The standard InChI is InChI=1S/C36H37N5O3/c1-20-32(21(2)44-40-20)29-18-30-28(19-31(29)43-5)33-34(37-22(3)38-36(33)39-30)26-13-14-27(25-12-7-6-11-24(25)26)35(42)23-10-8-9-16-41(4)17-15-23/h6-7,11-14,18-19,23H,8-10,15-17H2,1-5H3,(H,37,38,39). The number of fused-ring (bicyclic) bond motifs is 4. The molecule has 3 aromatic carbocycles. The SMILES string of the molecule is COc1cc2c(cc1-c1c(C)noc1C)[nH]c1nc(C)nc(-c3ccc(C(=O)C4CCCCN(C)CC4)c4ccccc34)c12. The van der Waals surface area contributed by atoms with E-state index in [9.17, 15) is 4.79 Å². The number of aromatic amines is 1. The Kier molecular flexibility index (Phi) is 7.17. The van der Waals surface area contributed by atoms with E-state index in [4.69, 9.17) is 19.2 Å². The van der Waals surface area contributed by atoms with E-state index in [-0.39, 0.29) is 11.7 Å². The maximum Gasteiger partial charge on any atom is 0.166 e. The van der Waals surface area contributed by atoms with Crippen molar-refractivity contribution in [3.8, 4) is 28.1 Å². The van der Waals surface area contributed by atoms with Crippen LogP contribution in [-0.2, 0) is 0 Å². The van der Waals surface area contributed by atoms with Crippen LogP contribution in [0.4, 0.5) is 0 Å². The predicted octanol–water partition coefficient (Wildman–Crippen LogP) is 7.82. The molecule has 1 fully saturated rings. The van der Waals surface area contributed by atoms with Gasteiger partial charge in [-0.05, 0) is 83.1 Å². The zero-order valence-electron chi connectivity index (χ0n) is 26.0. The number of Topliss-reactive ketones (excluding diaryl/α,β-unsaturated/α-hetero) is 1. The van der Waals surface area contributed by atoms with E-state index in [1.165, 1.54) is 0 Å². The number of aromatic nitrogens is 4. The minimum atomic E-state index is 0.0352. The number of hydrogen-bond acceptors (Lipinski definition) is 7. The van der Waals surface area contributed by atoms with Gasteiger partial charge < -0.3 is 19.1 Å². The molecule has 0 bridgehead atoms. The molecule has 0 spiro atoms. The van der Waals surface area contributed by atoms with Gasteiger partial charge in [-0.1, -0.05) is 48.0 Å². The predicted molar refractivity (Wildman–Crippen MR) is 174 cm³/mol. The number of nitrogens with zero attached hydrogens (tertiary/aromatic N) is 4. The summed E-state index contributed by atoms with van der Waals surface area (Å²) in [6, 6.07) is 16.4. The number of carbonyl (C=O) groups excluding carboxylic acids is 1. The van der Waals surface area contributed by atoms with Gasteiger partial charge >= 0.3 is 0 Å². The van der Waals surface area contributed by atoms with E-state index in [1.807, 2.05) is 45.0 Å². The first kappa shape index (κ1) is 28.2. The summed E-state index contributed by atoms with van der Waals surface area (Å²) in [4.78, 5) is 29.7. The van der Waals surface area contributed by atoms with Crippen LogP contribution in [0.15, 0.2) is 53.1 Å². The number of carbonyl (C=O) groups is 1. The van der Waals surface area contributed by atoms with E-state index in [0.717, 1.165) is 117 Å². The average Bonchev–Trinajstić information content (AvgIpc) is 3.54. The number of likely N-dealkylation sites (tertiary alicyclic amines) is 1. The number of hydrogen-bond donors (Lipinski definition) is 1. The van der Waals surface area contributed by atoms with Crippen LogP contribution in [0.3, 0.4) is 0 Å². The number of ketones is 1. The molecule has 4 heterocycles. The topological polar surface area (TPSA) is 97.1 Å². The summed E-state index contributed by atoms with van der Waals surface area (Å²) in [5.41, 5.74) is 6.90. The maximum absolute atomic E-state index is 14.0. The molecule has 1 atom stereocenters. The Morgan fingerprint density at radius 2 is 1.77 bits per heavy atom. The number of benzene rings is 3. The van der Waals surface area contributed by atoms with Crippen molar-refractivity contribution < 1.29 is 14.1 Å². The molecule has 0 radical (unpaired) electrons. The lowest BCUT2D eigenvalue weighted by Crippen LogP contribution is -2.28. The Bertz CT molecular complexity index is 2040. The molecular weight excluding hydrogens is 550 g/mol. The highest BCUT2D eigenvalue weighted by atomic mass is 16.5. The van der Waals surface area contributed by atoms with Gasteiger partial charge in [0.2, 0.25) is 0 Å². The van der Waals surface area contributed by atoms with E-state index < -0.39 is 0 Å². The normalized spacial score (nSPS) is 16.4. The summed E-state index contributed by atoms with van der Waals surface area (Å²) in [5.74, 6) is 2.40. The molecule has 0 saturated carbocycles. The Morgan fingerprint density at radius 1 is 0.955 bits per heavy atom. The lowest BCUT2D eigenvalue weighted by Gasteiger charge is -2.25. The van der Waals surface area contributed by atoms with Gasteiger partial charge in [-0.25, -0.2) is 9.97 Å². The van der Waals surface area contributed by atoms with E-state index in [1.54, 1.807) is 7.11 Å². The van der Waals surface area contributed by atoms with Crippen LogP contribution in [-0.4, -0.2) is 58.0 Å². The third-order valence-electron chi connectivity index (χ3n) is 9.20. The Morgan fingerprint density at radius 3 is 2.55 bits per heavy atom. The summed E-state index contributed by atoms with van der Waals surface area (Å²) < 4.78 is 11.4. The number of H-pyrrole nitrogens is 1. The fourth-order valence-corrected chi connectivity index (χ4v) is 6.97. The van der Waals surface area contributed by atoms with Crippen molar-refractivity contribution in [2.75, 3.05) is 27.2 Å². The first-order valence-electron chi connectivity index (χ1n) is 15.4.